The molecule has 4 aromatic rings. The quantitative estimate of drug-likeness (QED) is 0.486. The first-order valence-electron chi connectivity index (χ1n) is 8.95. The third-order valence-corrected chi connectivity index (χ3v) is 5.24. The Labute approximate surface area is 162 Å². The van der Waals surface area contributed by atoms with E-state index < -0.39 is 0 Å². The molecule has 1 aromatic carbocycles. The molecule has 0 radical (unpaired) electrons. The molecular formula is C21H21N5S. The van der Waals surface area contributed by atoms with Gasteiger partial charge in [-0.3, -0.25) is 4.98 Å². The summed E-state index contributed by atoms with van der Waals surface area (Å²) in [5.41, 5.74) is 3.31. The molecule has 0 aliphatic carbocycles. The molecule has 3 aromatic heterocycles. The monoisotopic (exact) mass is 375 g/mol. The lowest BCUT2D eigenvalue weighted by atomic mass is 10.2. The van der Waals surface area contributed by atoms with Crippen molar-refractivity contribution in [3.8, 4) is 10.4 Å². The molecule has 27 heavy (non-hydrogen) atoms. The Morgan fingerprint density at radius 3 is 2.52 bits per heavy atom. The number of nitrogens with one attached hydrogen (secondary N) is 2. The molecule has 4 rings (SSSR count). The van der Waals surface area contributed by atoms with Crippen LogP contribution in [0.25, 0.3) is 20.7 Å². The Balaban J connectivity index is 1.73. The molecule has 3 heterocycles. The molecule has 0 fully saturated rings. The summed E-state index contributed by atoms with van der Waals surface area (Å²) in [6.07, 6.45) is 3.61. The molecule has 0 aliphatic rings. The molecule has 0 aliphatic heterocycles. The SMILES string of the molecule is CC(C)Nc1nc(NCc2ccncc2)c2sc(-c3ccccc3)cc2n1. The van der Waals surface area contributed by atoms with Crippen LogP contribution in [0.1, 0.15) is 19.4 Å². The second-order valence-corrected chi connectivity index (χ2v) is 7.65. The highest BCUT2D eigenvalue weighted by molar-refractivity contribution is 7.22. The summed E-state index contributed by atoms with van der Waals surface area (Å²) < 4.78 is 1.07. The van der Waals surface area contributed by atoms with E-state index in [1.165, 1.54) is 10.4 Å². The van der Waals surface area contributed by atoms with E-state index in [0.717, 1.165) is 21.6 Å². The van der Waals surface area contributed by atoms with Gasteiger partial charge in [0, 0.05) is 29.9 Å². The van der Waals surface area contributed by atoms with Crippen LogP contribution in [-0.2, 0) is 6.54 Å². The van der Waals surface area contributed by atoms with E-state index in [2.05, 4.69) is 59.8 Å². The standard InChI is InChI=1S/C21H21N5S/c1-14(2)24-21-25-17-12-18(16-6-4-3-5-7-16)27-19(17)20(26-21)23-13-15-8-10-22-11-9-15/h3-12,14H,13H2,1-2H3,(H2,23,24,25,26). The maximum atomic E-state index is 4.72. The number of nitrogens with zero attached hydrogens (tertiary/aromatic N) is 3. The zero-order valence-electron chi connectivity index (χ0n) is 15.3. The fourth-order valence-corrected chi connectivity index (χ4v) is 3.87. The van der Waals surface area contributed by atoms with Gasteiger partial charge < -0.3 is 10.6 Å². The summed E-state index contributed by atoms with van der Waals surface area (Å²) in [7, 11) is 0. The highest BCUT2D eigenvalue weighted by Crippen LogP contribution is 2.36. The average Bonchev–Trinajstić information content (AvgIpc) is 3.11. The lowest BCUT2D eigenvalue weighted by molar-refractivity contribution is 0.877. The molecule has 136 valence electrons. The van der Waals surface area contributed by atoms with Crippen LogP contribution < -0.4 is 10.6 Å². The molecule has 0 spiro atoms. The maximum Gasteiger partial charge on any atom is 0.225 e. The van der Waals surface area contributed by atoms with Crippen LogP contribution in [-0.4, -0.2) is 21.0 Å². The van der Waals surface area contributed by atoms with E-state index in [1.807, 2.05) is 18.2 Å². The molecule has 2 N–H and O–H groups in total. The summed E-state index contributed by atoms with van der Waals surface area (Å²) in [6, 6.07) is 16.8. The number of thiophene rings is 1. The third-order valence-electron chi connectivity index (χ3n) is 4.06. The zero-order valence-corrected chi connectivity index (χ0v) is 16.1. The van der Waals surface area contributed by atoms with Gasteiger partial charge >= 0.3 is 0 Å². The Kier molecular flexibility index (Phi) is 4.98. The summed E-state index contributed by atoms with van der Waals surface area (Å²) in [5.74, 6) is 1.50. The van der Waals surface area contributed by atoms with E-state index in [-0.39, 0.29) is 6.04 Å². The van der Waals surface area contributed by atoms with Gasteiger partial charge in [0.1, 0.15) is 5.82 Å². The van der Waals surface area contributed by atoms with Crippen molar-refractivity contribution in [3.63, 3.8) is 0 Å². The second kappa shape index (κ2) is 7.72. The van der Waals surface area contributed by atoms with Crippen LogP contribution in [0.3, 0.4) is 0 Å². The topological polar surface area (TPSA) is 62.7 Å². The lowest BCUT2D eigenvalue weighted by Gasteiger charge is -2.11. The summed E-state index contributed by atoms with van der Waals surface area (Å²) in [5, 5.41) is 6.79. The second-order valence-electron chi connectivity index (χ2n) is 6.59. The smallest absolute Gasteiger partial charge is 0.225 e. The van der Waals surface area contributed by atoms with Crippen molar-refractivity contribution in [2.24, 2.45) is 0 Å². The predicted octanol–water partition coefficient (Wildman–Crippen LogP) is 5.19. The van der Waals surface area contributed by atoms with Crippen molar-refractivity contribution in [1.29, 1.82) is 0 Å². The minimum Gasteiger partial charge on any atom is -0.365 e. The molecule has 0 saturated carbocycles. The number of hydrogen-bond donors (Lipinski definition) is 2. The van der Waals surface area contributed by atoms with Crippen molar-refractivity contribution in [2.75, 3.05) is 10.6 Å². The number of fused-ring (bicyclic) bond motifs is 1. The predicted molar refractivity (Wildman–Crippen MR) is 113 cm³/mol. The Morgan fingerprint density at radius 1 is 1.00 bits per heavy atom. The van der Waals surface area contributed by atoms with Gasteiger partial charge in [-0.2, -0.15) is 4.98 Å². The van der Waals surface area contributed by atoms with Gasteiger partial charge in [-0.15, -0.1) is 11.3 Å². The van der Waals surface area contributed by atoms with Crippen molar-refractivity contribution in [1.82, 2.24) is 15.0 Å². The number of hydrogen-bond acceptors (Lipinski definition) is 6. The molecule has 0 amide bonds. The number of anilines is 2. The van der Waals surface area contributed by atoms with E-state index in [9.17, 15) is 0 Å². The molecular weight excluding hydrogens is 354 g/mol. The highest BCUT2D eigenvalue weighted by Gasteiger charge is 2.13. The summed E-state index contributed by atoms with van der Waals surface area (Å²) in [4.78, 5) is 14.7. The van der Waals surface area contributed by atoms with Gasteiger partial charge in [0.2, 0.25) is 5.95 Å². The molecule has 6 heteroatoms. The van der Waals surface area contributed by atoms with Crippen LogP contribution in [0.5, 0.6) is 0 Å². The number of aromatic nitrogens is 3. The molecule has 0 unspecified atom stereocenters. The lowest BCUT2D eigenvalue weighted by Crippen LogP contribution is -2.13. The summed E-state index contributed by atoms with van der Waals surface area (Å²) in [6.45, 7) is 4.86. The fraction of sp³-hybridized carbons (Fsp3) is 0.190. The minimum atomic E-state index is 0.266. The third kappa shape index (κ3) is 4.06. The van der Waals surface area contributed by atoms with Gasteiger partial charge in [0.25, 0.3) is 0 Å². The number of rotatable bonds is 6. The van der Waals surface area contributed by atoms with Gasteiger partial charge in [-0.1, -0.05) is 30.3 Å². The normalized spacial score (nSPS) is 11.1. The first-order valence-corrected chi connectivity index (χ1v) is 9.77. The largest absolute Gasteiger partial charge is 0.365 e. The van der Waals surface area contributed by atoms with E-state index in [1.54, 1.807) is 23.7 Å². The fourth-order valence-electron chi connectivity index (χ4n) is 2.80. The van der Waals surface area contributed by atoms with Crippen LogP contribution in [0.4, 0.5) is 11.8 Å². The Hall–Kier alpha value is -2.99. The minimum absolute atomic E-state index is 0.266. The number of benzene rings is 1. The van der Waals surface area contributed by atoms with Crippen LogP contribution in [0.15, 0.2) is 60.9 Å². The number of pyridine rings is 1. The maximum absolute atomic E-state index is 4.72. The van der Waals surface area contributed by atoms with Crippen molar-refractivity contribution in [3.05, 3.63) is 66.5 Å². The Bertz CT molecular complexity index is 1030. The summed E-state index contributed by atoms with van der Waals surface area (Å²) >= 11 is 1.71. The van der Waals surface area contributed by atoms with Crippen LogP contribution in [0.2, 0.25) is 0 Å². The van der Waals surface area contributed by atoms with Gasteiger partial charge in [-0.25, -0.2) is 4.98 Å². The van der Waals surface area contributed by atoms with Crippen molar-refractivity contribution >= 4 is 33.3 Å². The average molecular weight is 376 g/mol. The first-order chi connectivity index (χ1) is 13.2. The zero-order chi connectivity index (χ0) is 18.6. The van der Waals surface area contributed by atoms with Crippen molar-refractivity contribution < 1.29 is 0 Å². The molecule has 0 bridgehead atoms. The van der Waals surface area contributed by atoms with E-state index in [0.29, 0.717) is 12.5 Å². The van der Waals surface area contributed by atoms with Gasteiger partial charge in [0.15, 0.2) is 0 Å². The molecule has 5 nitrogen and oxygen atoms in total. The highest BCUT2D eigenvalue weighted by atomic mass is 32.1. The first kappa shape index (κ1) is 17.4. The van der Waals surface area contributed by atoms with E-state index >= 15 is 0 Å². The van der Waals surface area contributed by atoms with Crippen LogP contribution in [0, 0.1) is 0 Å². The Morgan fingerprint density at radius 2 is 1.78 bits per heavy atom. The van der Waals surface area contributed by atoms with Crippen molar-refractivity contribution in [2.45, 2.75) is 26.4 Å². The molecule has 0 saturated heterocycles. The molecule has 0 atom stereocenters. The van der Waals surface area contributed by atoms with Gasteiger partial charge in [-0.05, 0) is 43.2 Å². The van der Waals surface area contributed by atoms with Crippen LogP contribution >= 0.6 is 11.3 Å². The van der Waals surface area contributed by atoms with E-state index in [4.69, 9.17) is 9.97 Å². The van der Waals surface area contributed by atoms with Gasteiger partial charge in [0.05, 0.1) is 10.2 Å².